The number of amides is 1. The van der Waals surface area contributed by atoms with Crippen molar-refractivity contribution in [2.45, 2.75) is 39.0 Å². The Morgan fingerprint density at radius 1 is 1.14 bits per heavy atom. The summed E-state index contributed by atoms with van der Waals surface area (Å²) in [7, 11) is 0. The molecule has 0 saturated heterocycles. The number of anilines is 2. The summed E-state index contributed by atoms with van der Waals surface area (Å²) in [6.45, 7) is 7.16. The topological polar surface area (TPSA) is 71.8 Å². The lowest BCUT2D eigenvalue weighted by Crippen LogP contribution is -2.16. The van der Waals surface area contributed by atoms with Gasteiger partial charge in [0, 0.05) is 17.9 Å². The smallest absolute Gasteiger partial charge is 0.234 e. The van der Waals surface area contributed by atoms with Crippen LogP contribution in [0, 0.1) is 19.7 Å². The Kier molecular flexibility index (Phi) is 6.87. The molecule has 0 saturated carbocycles. The van der Waals surface area contributed by atoms with Crippen LogP contribution in [0.4, 0.5) is 15.8 Å². The molecule has 0 fully saturated rings. The third-order valence-corrected chi connectivity index (χ3v) is 5.58. The highest BCUT2D eigenvalue weighted by molar-refractivity contribution is 7.99. The third kappa shape index (κ3) is 5.35. The molecular weight excluding hydrogens is 389 g/mol. The van der Waals surface area contributed by atoms with E-state index < -0.39 is 0 Å². The van der Waals surface area contributed by atoms with Gasteiger partial charge >= 0.3 is 0 Å². The van der Waals surface area contributed by atoms with Crippen molar-refractivity contribution in [2.75, 3.05) is 16.4 Å². The highest BCUT2D eigenvalue weighted by Gasteiger charge is 2.14. The monoisotopic (exact) mass is 413 g/mol. The van der Waals surface area contributed by atoms with Gasteiger partial charge in [-0.2, -0.15) is 0 Å². The van der Waals surface area contributed by atoms with Crippen LogP contribution in [-0.2, 0) is 17.9 Å². The van der Waals surface area contributed by atoms with Gasteiger partial charge in [-0.3, -0.25) is 4.79 Å². The maximum atomic E-state index is 13.0. The maximum absolute atomic E-state index is 13.0. The number of rotatable bonds is 8. The summed E-state index contributed by atoms with van der Waals surface area (Å²) in [6, 6.07) is 12.0. The van der Waals surface area contributed by atoms with E-state index in [1.165, 1.54) is 23.9 Å². The largest absolute Gasteiger partial charge is 0.378 e. The van der Waals surface area contributed by atoms with Crippen LogP contribution in [0.15, 0.2) is 47.6 Å². The molecule has 0 aliphatic rings. The van der Waals surface area contributed by atoms with Crippen molar-refractivity contribution >= 4 is 29.0 Å². The Bertz CT molecular complexity index is 987. The van der Waals surface area contributed by atoms with E-state index in [1.807, 2.05) is 43.5 Å². The van der Waals surface area contributed by atoms with E-state index in [2.05, 4.69) is 20.8 Å². The van der Waals surface area contributed by atoms with Crippen molar-refractivity contribution in [3.05, 3.63) is 65.2 Å². The second kappa shape index (κ2) is 9.56. The highest BCUT2D eigenvalue weighted by atomic mass is 32.2. The molecule has 6 nitrogen and oxygen atoms in total. The normalized spacial score (nSPS) is 10.8. The minimum atomic E-state index is -0.273. The number of aryl methyl sites for hydroxylation is 1. The zero-order chi connectivity index (χ0) is 20.8. The number of carbonyl (C=O) groups excluding carboxylic acids is 1. The van der Waals surface area contributed by atoms with Crippen LogP contribution in [0.2, 0.25) is 0 Å². The molecule has 0 unspecified atom stereocenters. The van der Waals surface area contributed by atoms with E-state index in [0.29, 0.717) is 18.2 Å². The van der Waals surface area contributed by atoms with Gasteiger partial charge in [0.15, 0.2) is 11.0 Å². The second-order valence-corrected chi connectivity index (χ2v) is 7.53. The van der Waals surface area contributed by atoms with Crippen LogP contribution < -0.4 is 10.6 Å². The molecule has 0 aliphatic carbocycles. The quantitative estimate of drug-likeness (QED) is 0.536. The molecule has 1 amide bonds. The molecular formula is C21H24FN5OS. The summed E-state index contributed by atoms with van der Waals surface area (Å²) in [5.41, 5.74) is 3.84. The third-order valence-electron chi connectivity index (χ3n) is 4.62. The molecule has 0 spiro atoms. The van der Waals surface area contributed by atoms with E-state index in [9.17, 15) is 9.18 Å². The molecule has 2 aromatic carbocycles. The lowest BCUT2D eigenvalue weighted by atomic mass is 10.1. The molecule has 152 valence electrons. The van der Waals surface area contributed by atoms with Gasteiger partial charge in [-0.1, -0.05) is 23.9 Å². The highest BCUT2D eigenvalue weighted by Crippen LogP contribution is 2.21. The minimum absolute atomic E-state index is 0.0830. The van der Waals surface area contributed by atoms with Gasteiger partial charge in [0.2, 0.25) is 5.91 Å². The lowest BCUT2D eigenvalue weighted by molar-refractivity contribution is -0.113. The first-order valence-corrected chi connectivity index (χ1v) is 10.4. The molecule has 3 rings (SSSR count). The van der Waals surface area contributed by atoms with Crippen LogP contribution >= 0.6 is 11.8 Å². The van der Waals surface area contributed by atoms with E-state index >= 15 is 0 Å². The Hall–Kier alpha value is -2.87. The summed E-state index contributed by atoms with van der Waals surface area (Å²) >= 11 is 1.35. The van der Waals surface area contributed by atoms with E-state index in [-0.39, 0.29) is 17.5 Å². The predicted molar refractivity (Wildman–Crippen MR) is 115 cm³/mol. The minimum Gasteiger partial charge on any atom is -0.378 e. The Balaban J connectivity index is 1.58. The molecule has 0 radical (unpaired) electrons. The summed E-state index contributed by atoms with van der Waals surface area (Å²) < 4.78 is 15.0. The lowest BCUT2D eigenvalue weighted by Gasteiger charge is -2.11. The first-order valence-electron chi connectivity index (χ1n) is 9.38. The zero-order valence-electron chi connectivity index (χ0n) is 16.7. The summed E-state index contributed by atoms with van der Waals surface area (Å²) in [4.78, 5) is 12.4. The van der Waals surface area contributed by atoms with E-state index in [0.717, 1.165) is 28.3 Å². The van der Waals surface area contributed by atoms with Crippen LogP contribution in [-0.4, -0.2) is 26.4 Å². The van der Waals surface area contributed by atoms with Crippen LogP contribution in [0.1, 0.15) is 23.9 Å². The van der Waals surface area contributed by atoms with Gasteiger partial charge in [-0.15, -0.1) is 10.2 Å². The molecule has 0 bridgehead atoms. The Labute approximate surface area is 173 Å². The van der Waals surface area contributed by atoms with Gasteiger partial charge in [-0.25, -0.2) is 4.39 Å². The number of hydrogen-bond acceptors (Lipinski definition) is 5. The summed E-state index contributed by atoms with van der Waals surface area (Å²) in [5, 5.41) is 15.3. The number of halogens is 1. The van der Waals surface area contributed by atoms with Crippen molar-refractivity contribution in [3.8, 4) is 0 Å². The molecule has 3 aromatic rings. The van der Waals surface area contributed by atoms with Crippen molar-refractivity contribution in [1.29, 1.82) is 0 Å². The number of thioether (sulfide) groups is 1. The van der Waals surface area contributed by atoms with Gasteiger partial charge in [-0.05, 0) is 62.2 Å². The summed E-state index contributed by atoms with van der Waals surface area (Å²) in [5.74, 6) is 0.649. The fourth-order valence-corrected chi connectivity index (χ4v) is 3.65. The van der Waals surface area contributed by atoms with Crippen LogP contribution in [0.5, 0.6) is 0 Å². The fraction of sp³-hybridized carbons (Fsp3) is 0.286. The van der Waals surface area contributed by atoms with Crippen molar-refractivity contribution in [1.82, 2.24) is 14.8 Å². The molecule has 0 atom stereocenters. The molecule has 8 heteroatoms. The fourth-order valence-electron chi connectivity index (χ4n) is 2.83. The maximum Gasteiger partial charge on any atom is 0.234 e. The average Bonchev–Trinajstić information content (AvgIpc) is 3.11. The summed E-state index contributed by atoms with van der Waals surface area (Å²) in [6.07, 6.45) is 0. The zero-order valence-corrected chi connectivity index (χ0v) is 17.5. The molecule has 29 heavy (non-hydrogen) atoms. The molecule has 1 aromatic heterocycles. The molecule has 2 N–H and O–H groups in total. The Morgan fingerprint density at radius 3 is 2.62 bits per heavy atom. The van der Waals surface area contributed by atoms with Crippen molar-refractivity contribution in [2.24, 2.45) is 0 Å². The number of aromatic nitrogens is 3. The predicted octanol–water partition coefficient (Wildman–Crippen LogP) is 4.40. The number of nitrogens with zero attached hydrogens (tertiary/aromatic N) is 3. The first kappa shape index (κ1) is 20.9. The van der Waals surface area contributed by atoms with Gasteiger partial charge in [0.25, 0.3) is 0 Å². The van der Waals surface area contributed by atoms with Crippen LogP contribution in [0.3, 0.4) is 0 Å². The number of hydrogen-bond donors (Lipinski definition) is 2. The van der Waals surface area contributed by atoms with Gasteiger partial charge < -0.3 is 15.2 Å². The van der Waals surface area contributed by atoms with Crippen molar-refractivity contribution < 1.29 is 9.18 Å². The standard InChI is InChI=1S/C21H24FN5OS/c1-4-27-19(12-23-17-10-8-16(22)9-11-17)25-26-21(27)29-13-20(28)24-18-7-5-6-14(2)15(18)3/h5-11,23H,4,12-13H2,1-3H3,(H,24,28). The van der Waals surface area contributed by atoms with Gasteiger partial charge in [0.1, 0.15) is 5.82 Å². The molecule has 0 aliphatic heterocycles. The second-order valence-electron chi connectivity index (χ2n) is 6.59. The van der Waals surface area contributed by atoms with Crippen molar-refractivity contribution in [3.63, 3.8) is 0 Å². The molecule has 1 heterocycles. The van der Waals surface area contributed by atoms with E-state index in [4.69, 9.17) is 0 Å². The number of nitrogens with one attached hydrogen (secondary N) is 2. The average molecular weight is 414 g/mol. The van der Waals surface area contributed by atoms with E-state index in [1.54, 1.807) is 12.1 Å². The SMILES string of the molecule is CCn1c(CNc2ccc(F)cc2)nnc1SCC(=O)Nc1cccc(C)c1C. The van der Waals surface area contributed by atoms with Crippen LogP contribution in [0.25, 0.3) is 0 Å². The van der Waals surface area contributed by atoms with Gasteiger partial charge in [0.05, 0.1) is 12.3 Å². The first-order chi connectivity index (χ1) is 14.0. The number of benzene rings is 2. The Morgan fingerprint density at radius 2 is 1.90 bits per heavy atom. The number of carbonyl (C=O) groups is 1.